The van der Waals surface area contributed by atoms with Crippen molar-refractivity contribution in [1.82, 2.24) is 0 Å². The molecule has 0 aliphatic rings. The van der Waals surface area contributed by atoms with Crippen molar-refractivity contribution in [1.29, 1.82) is 0 Å². The summed E-state index contributed by atoms with van der Waals surface area (Å²) in [6.07, 6.45) is -4.67. The Morgan fingerprint density at radius 1 is 0.562 bits per heavy atom. The van der Waals surface area contributed by atoms with E-state index in [9.17, 15) is 0 Å². The average molecular weight is 281 g/mol. The van der Waals surface area contributed by atoms with Crippen molar-refractivity contribution in [2.75, 3.05) is 0 Å². The molecule has 0 aliphatic heterocycles. The molecule has 0 atom stereocenters. The van der Waals surface area contributed by atoms with Gasteiger partial charge in [-0.05, 0) is 12.3 Å². The van der Waals surface area contributed by atoms with E-state index in [-0.39, 0.29) is 96.5 Å². The molecule has 0 aromatic carbocycles. The zero-order valence-corrected chi connectivity index (χ0v) is 12.2. The van der Waals surface area contributed by atoms with E-state index in [0.717, 1.165) is 0 Å². The van der Waals surface area contributed by atoms with Crippen LogP contribution in [0.1, 0.15) is 0 Å². The molecule has 0 bridgehead atoms. The van der Waals surface area contributed by atoms with E-state index in [0.29, 0.717) is 0 Å². The second-order valence-electron chi connectivity index (χ2n) is 0.500. The van der Waals surface area contributed by atoms with Gasteiger partial charge in [-0.2, -0.15) is 0 Å². The van der Waals surface area contributed by atoms with Gasteiger partial charge in [-0.25, -0.2) is 0 Å². The Bertz CT molecular complexity index is 77.2. The first-order chi connectivity index (χ1) is 3.46. The van der Waals surface area contributed by atoms with Crippen LogP contribution in [-0.4, -0.2) is 109 Å². The Balaban J connectivity index is -0.00000000375. The first-order valence-corrected chi connectivity index (χ1v) is 1.22. The van der Waals surface area contributed by atoms with Gasteiger partial charge in [0.1, 0.15) is 0 Å². The molecule has 0 fully saturated rings. The maximum atomic E-state index is 8.33. The van der Waals surface area contributed by atoms with E-state index in [1.807, 2.05) is 0 Å². The fourth-order valence-electron chi connectivity index (χ4n) is 0. The second-order valence-corrected chi connectivity index (χ2v) is 0.500. The molecule has 11 nitrogen and oxygen atoms in total. The molecule has 14 heteroatoms. The first-order valence-electron chi connectivity index (χ1n) is 1.22. The molecule has 0 amide bonds. The monoisotopic (exact) mass is 280 g/mol. The SMILES string of the molecule is O.O.O.O=C([O-])[O-].O=C([O-])[O-].[Mg+2].[Mg+2].[Mg+2].[OH-].[OH-]. The summed E-state index contributed by atoms with van der Waals surface area (Å²) in [6.45, 7) is 0. The van der Waals surface area contributed by atoms with Crippen LogP contribution in [0.5, 0.6) is 0 Å². The standard InChI is InChI=1S/2CH2O3.3Mg.5H2O/c2*2-1(3)4;;;;;;;;/h2*(H2,2,3,4);;;;5*1H2/q;;3*+2;;;;;/p-6. The smallest absolute Gasteiger partial charge is 0.870 e. The molecule has 8 N–H and O–H groups in total. The normalized spacial score (nSPS) is 3.00. The van der Waals surface area contributed by atoms with Crippen LogP contribution in [0.25, 0.3) is 0 Å². The molecule has 0 saturated carbocycles. The van der Waals surface area contributed by atoms with E-state index in [1.54, 1.807) is 0 Å². The molecule has 0 rings (SSSR count). The van der Waals surface area contributed by atoms with Crippen LogP contribution < -0.4 is 20.4 Å². The summed E-state index contributed by atoms with van der Waals surface area (Å²) < 4.78 is 0. The van der Waals surface area contributed by atoms with Gasteiger partial charge in [0.15, 0.2) is 0 Å². The second kappa shape index (κ2) is 76.0. The third kappa shape index (κ3) is 6680. The van der Waals surface area contributed by atoms with Gasteiger partial charge in [0.05, 0.1) is 0 Å². The summed E-state index contributed by atoms with van der Waals surface area (Å²) in [6, 6.07) is 0. The van der Waals surface area contributed by atoms with Gasteiger partial charge in [-0.3, -0.25) is 0 Å². The van der Waals surface area contributed by atoms with Crippen molar-refractivity contribution < 1.29 is 57.4 Å². The third-order valence-electron chi connectivity index (χ3n) is 0. The topological polar surface area (TPSA) is 281 Å². The molecule has 16 heavy (non-hydrogen) atoms. The number of carbonyl (C=O) groups excluding carboxylic acids is 2. The van der Waals surface area contributed by atoms with Crippen LogP contribution in [0.4, 0.5) is 9.59 Å². The predicted molar refractivity (Wildman–Crippen MR) is 42.8 cm³/mol. The zero-order valence-electron chi connectivity index (χ0n) is 7.97. The van der Waals surface area contributed by atoms with Gasteiger partial charge in [-0.15, -0.1) is 0 Å². The summed E-state index contributed by atoms with van der Waals surface area (Å²) in [7, 11) is 0. The van der Waals surface area contributed by atoms with E-state index >= 15 is 0 Å². The molecular weight excluding hydrogens is 273 g/mol. The molecule has 0 radical (unpaired) electrons. The van der Waals surface area contributed by atoms with Crippen molar-refractivity contribution in [3.05, 3.63) is 0 Å². The Kier molecular flexibility index (Phi) is 439. The maximum absolute atomic E-state index is 8.33. The van der Waals surface area contributed by atoms with Gasteiger partial charge in [0, 0.05) is 0 Å². The number of rotatable bonds is 0. The summed E-state index contributed by atoms with van der Waals surface area (Å²) in [5.41, 5.74) is 0. The number of carbonyl (C=O) groups is 2. The van der Waals surface area contributed by atoms with Crippen LogP contribution in [0, 0.1) is 0 Å². The Labute approximate surface area is 138 Å². The molecule has 0 unspecified atom stereocenters. The van der Waals surface area contributed by atoms with Crippen molar-refractivity contribution in [2.24, 2.45) is 0 Å². The predicted octanol–water partition coefficient (Wildman–Crippen LogP) is -8.86. The molecule has 0 spiro atoms. The minimum atomic E-state index is -2.33. The van der Waals surface area contributed by atoms with E-state index in [4.69, 9.17) is 30.0 Å². The van der Waals surface area contributed by atoms with Crippen LogP contribution >= 0.6 is 0 Å². The minimum Gasteiger partial charge on any atom is -0.870 e. The van der Waals surface area contributed by atoms with Crippen LogP contribution in [-0.2, 0) is 0 Å². The van der Waals surface area contributed by atoms with Crippen molar-refractivity contribution in [3.63, 3.8) is 0 Å². The van der Waals surface area contributed by atoms with Gasteiger partial charge >= 0.3 is 69.2 Å². The molecule has 0 heterocycles. The van der Waals surface area contributed by atoms with Crippen LogP contribution in [0.15, 0.2) is 0 Å². The molecule has 0 saturated heterocycles. The van der Waals surface area contributed by atoms with Gasteiger partial charge < -0.3 is 57.4 Å². The van der Waals surface area contributed by atoms with Crippen LogP contribution in [0.2, 0.25) is 0 Å². The fourth-order valence-corrected chi connectivity index (χ4v) is 0. The zero-order chi connectivity index (χ0) is 7.15. The fraction of sp³-hybridized carbons (Fsp3) is 0. The third-order valence-corrected chi connectivity index (χ3v) is 0. The van der Waals surface area contributed by atoms with Crippen molar-refractivity contribution >= 4 is 81.5 Å². The molecule has 0 aromatic rings. The first kappa shape index (κ1) is 92.3. The van der Waals surface area contributed by atoms with Crippen molar-refractivity contribution in [3.8, 4) is 0 Å². The summed E-state index contributed by atoms with van der Waals surface area (Å²) in [5, 5.41) is 33.3. The molecule has 0 aliphatic carbocycles. The minimum absolute atomic E-state index is 0. The Morgan fingerprint density at radius 3 is 0.562 bits per heavy atom. The summed E-state index contributed by atoms with van der Waals surface area (Å²) in [5.74, 6) is 0. The number of carboxylic acid groups (broad SMARTS) is 4. The van der Waals surface area contributed by atoms with Crippen LogP contribution in [0.3, 0.4) is 0 Å². The van der Waals surface area contributed by atoms with E-state index in [1.165, 1.54) is 0 Å². The van der Waals surface area contributed by atoms with Gasteiger partial charge in [0.25, 0.3) is 0 Å². The molecular formula is C2H8Mg3O11. The quantitative estimate of drug-likeness (QED) is 0.382. The number of hydrogen-bond acceptors (Lipinski definition) is 8. The Morgan fingerprint density at radius 2 is 0.562 bits per heavy atom. The van der Waals surface area contributed by atoms with Gasteiger partial charge in [0.2, 0.25) is 0 Å². The average Bonchev–Trinajstić information content (AvgIpc) is 1.25. The van der Waals surface area contributed by atoms with Gasteiger partial charge in [-0.1, -0.05) is 0 Å². The van der Waals surface area contributed by atoms with E-state index in [2.05, 4.69) is 0 Å². The van der Waals surface area contributed by atoms with E-state index < -0.39 is 12.3 Å². The molecule has 88 valence electrons. The largest absolute Gasteiger partial charge is 2.00 e. The summed E-state index contributed by atoms with van der Waals surface area (Å²) in [4.78, 5) is 16.7. The van der Waals surface area contributed by atoms with Crippen molar-refractivity contribution in [2.45, 2.75) is 0 Å². The Hall–Kier alpha value is 0.639. The molecule has 0 aromatic heterocycles. The summed E-state index contributed by atoms with van der Waals surface area (Å²) >= 11 is 0. The number of hydrogen-bond donors (Lipinski definition) is 0. The maximum Gasteiger partial charge on any atom is 2.00 e.